The number of fused-ring (bicyclic) bond motifs is 1. The minimum Gasteiger partial charge on any atom is -0.342 e. The van der Waals surface area contributed by atoms with Gasteiger partial charge in [0, 0.05) is 42.4 Å². The van der Waals surface area contributed by atoms with Gasteiger partial charge in [-0.15, -0.1) is 0 Å². The zero-order valence-corrected chi connectivity index (χ0v) is 18.0. The summed E-state index contributed by atoms with van der Waals surface area (Å²) in [5, 5.41) is 0. The topological polar surface area (TPSA) is 61.9 Å². The number of nitrogens with one attached hydrogen (secondary N) is 1. The number of hydrogen-bond acceptors (Lipinski definition) is 3. The van der Waals surface area contributed by atoms with E-state index in [1.807, 2.05) is 54.3 Å². The van der Waals surface area contributed by atoms with E-state index in [-0.39, 0.29) is 17.6 Å². The monoisotopic (exact) mass is 428 g/mol. The molecule has 1 atom stereocenters. The molecule has 1 aliphatic heterocycles. The SMILES string of the molecule is Cc1nc2ccc(C(=O)N3CCC[C@H](c4cccc(Cc5ccccc5F)n4)C3)cc2[nH]1. The number of benzene rings is 2. The predicted octanol–water partition coefficient (Wildman–Crippen LogP) is 5.02. The lowest BCUT2D eigenvalue weighted by atomic mass is 9.93. The van der Waals surface area contributed by atoms with Gasteiger partial charge in [0.15, 0.2) is 0 Å². The number of likely N-dealkylation sites (tertiary alicyclic amines) is 1. The summed E-state index contributed by atoms with van der Waals surface area (Å²) in [7, 11) is 0. The van der Waals surface area contributed by atoms with Crippen LogP contribution in [0.5, 0.6) is 0 Å². The number of H-pyrrole nitrogens is 1. The van der Waals surface area contributed by atoms with Gasteiger partial charge in [0.1, 0.15) is 11.6 Å². The van der Waals surface area contributed by atoms with Crippen LogP contribution in [0.25, 0.3) is 11.0 Å². The molecule has 1 amide bonds. The summed E-state index contributed by atoms with van der Waals surface area (Å²) in [4.78, 5) is 27.6. The van der Waals surface area contributed by atoms with Crippen LogP contribution in [0.2, 0.25) is 0 Å². The zero-order chi connectivity index (χ0) is 22.1. The number of hydrogen-bond donors (Lipinski definition) is 1. The Balaban J connectivity index is 1.33. The van der Waals surface area contributed by atoms with Gasteiger partial charge in [0.05, 0.1) is 11.0 Å². The second kappa shape index (κ2) is 8.54. The number of amides is 1. The van der Waals surface area contributed by atoms with Crippen molar-refractivity contribution in [2.24, 2.45) is 0 Å². The Labute approximate surface area is 186 Å². The highest BCUT2D eigenvalue weighted by Gasteiger charge is 2.26. The Morgan fingerprint density at radius 3 is 2.88 bits per heavy atom. The van der Waals surface area contributed by atoms with Crippen LogP contribution >= 0.6 is 0 Å². The van der Waals surface area contributed by atoms with Crippen molar-refractivity contribution < 1.29 is 9.18 Å². The number of aryl methyl sites for hydroxylation is 1. The lowest BCUT2D eigenvalue weighted by Crippen LogP contribution is -2.39. The van der Waals surface area contributed by atoms with Gasteiger partial charge in [-0.2, -0.15) is 0 Å². The molecule has 162 valence electrons. The first kappa shape index (κ1) is 20.4. The van der Waals surface area contributed by atoms with E-state index >= 15 is 0 Å². The standard InChI is InChI=1S/C26H25FN4O/c1-17-28-24-12-11-19(15-25(24)29-17)26(32)31-13-5-7-20(16-31)23-10-4-8-21(30-23)14-18-6-2-3-9-22(18)27/h2-4,6,8-12,15,20H,5,7,13-14,16H2,1H3,(H,28,29)/t20-/m0/s1. The second-order valence-electron chi connectivity index (χ2n) is 8.47. The Bertz CT molecular complexity index is 1280. The maximum absolute atomic E-state index is 14.1. The van der Waals surface area contributed by atoms with E-state index in [4.69, 9.17) is 4.98 Å². The van der Waals surface area contributed by atoms with E-state index in [2.05, 4.69) is 9.97 Å². The smallest absolute Gasteiger partial charge is 0.253 e. The molecule has 1 saturated heterocycles. The number of aromatic nitrogens is 3. The highest BCUT2D eigenvalue weighted by Crippen LogP contribution is 2.27. The van der Waals surface area contributed by atoms with Gasteiger partial charge < -0.3 is 9.88 Å². The molecular formula is C26H25FN4O. The number of pyridine rings is 1. The molecule has 5 rings (SSSR count). The van der Waals surface area contributed by atoms with Crippen LogP contribution in [0, 0.1) is 12.7 Å². The van der Waals surface area contributed by atoms with Gasteiger partial charge >= 0.3 is 0 Å². The van der Waals surface area contributed by atoms with Gasteiger partial charge in [-0.25, -0.2) is 9.37 Å². The van der Waals surface area contributed by atoms with Crippen molar-refractivity contribution in [2.45, 2.75) is 32.1 Å². The van der Waals surface area contributed by atoms with Gasteiger partial charge in [-0.1, -0.05) is 24.3 Å². The molecule has 1 aliphatic rings. The molecule has 32 heavy (non-hydrogen) atoms. The average molecular weight is 429 g/mol. The normalized spacial score (nSPS) is 16.4. The molecule has 0 spiro atoms. The van der Waals surface area contributed by atoms with Gasteiger partial charge in [0.25, 0.3) is 5.91 Å². The zero-order valence-electron chi connectivity index (χ0n) is 18.0. The van der Waals surface area contributed by atoms with Crippen LogP contribution in [-0.4, -0.2) is 38.8 Å². The van der Waals surface area contributed by atoms with Crippen molar-refractivity contribution in [3.8, 4) is 0 Å². The lowest BCUT2D eigenvalue weighted by molar-refractivity contribution is 0.0706. The molecular weight excluding hydrogens is 403 g/mol. The molecule has 4 aromatic rings. The van der Waals surface area contributed by atoms with E-state index in [0.29, 0.717) is 24.1 Å². The van der Waals surface area contributed by atoms with E-state index in [9.17, 15) is 9.18 Å². The number of imidazole rings is 1. The van der Waals surface area contributed by atoms with Crippen LogP contribution in [0.1, 0.15) is 51.9 Å². The van der Waals surface area contributed by atoms with Crippen LogP contribution in [0.15, 0.2) is 60.7 Å². The maximum Gasteiger partial charge on any atom is 0.253 e. The summed E-state index contributed by atoms with van der Waals surface area (Å²) >= 11 is 0. The Hall–Kier alpha value is -3.54. The van der Waals surface area contributed by atoms with Crippen molar-refractivity contribution >= 4 is 16.9 Å². The summed E-state index contributed by atoms with van der Waals surface area (Å²) < 4.78 is 14.1. The highest BCUT2D eigenvalue weighted by atomic mass is 19.1. The van der Waals surface area contributed by atoms with Crippen molar-refractivity contribution in [2.75, 3.05) is 13.1 Å². The first-order chi connectivity index (χ1) is 15.6. The van der Waals surface area contributed by atoms with Gasteiger partial charge in [-0.3, -0.25) is 9.78 Å². The van der Waals surface area contributed by atoms with Gasteiger partial charge in [0.2, 0.25) is 0 Å². The van der Waals surface area contributed by atoms with Crippen molar-refractivity contribution in [1.82, 2.24) is 19.9 Å². The molecule has 0 aliphatic carbocycles. The van der Waals surface area contributed by atoms with Crippen LogP contribution in [0.4, 0.5) is 4.39 Å². The number of nitrogens with zero attached hydrogens (tertiary/aromatic N) is 3. The molecule has 0 bridgehead atoms. The summed E-state index contributed by atoms with van der Waals surface area (Å²) in [5.74, 6) is 0.834. The van der Waals surface area contributed by atoms with Crippen molar-refractivity contribution in [1.29, 1.82) is 0 Å². The van der Waals surface area contributed by atoms with E-state index in [1.165, 1.54) is 6.07 Å². The largest absolute Gasteiger partial charge is 0.342 e. The summed E-state index contributed by atoms with van der Waals surface area (Å²) in [5.41, 5.74) is 4.87. The van der Waals surface area contributed by atoms with Crippen molar-refractivity contribution in [3.05, 3.63) is 94.8 Å². The number of carbonyl (C=O) groups excluding carboxylic acids is 1. The molecule has 3 heterocycles. The van der Waals surface area contributed by atoms with Crippen LogP contribution in [-0.2, 0) is 6.42 Å². The molecule has 1 fully saturated rings. The fraction of sp³-hybridized carbons (Fsp3) is 0.269. The molecule has 6 heteroatoms. The third kappa shape index (κ3) is 4.13. The summed E-state index contributed by atoms with van der Waals surface area (Å²) in [6.07, 6.45) is 2.37. The summed E-state index contributed by atoms with van der Waals surface area (Å²) in [6, 6.07) is 18.4. The Morgan fingerprint density at radius 2 is 2.00 bits per heavy atom. The highest BCUT2D eigenvalue weighted by molar-refractivity contribution is 5.97. The molecule has 2 aromatic heterocycles. The van der Waals surface area contributed by atoms with Crippen LogP contribution < -0.4 is 0 Å². The predicted molar refractivity (Wildman–Crippen MR) is 122 cm³/mol. The molecule has 0 unspecified atom stereocenters. The molecule has 2 aromatic carbocycles. The third-order valence-electron chi connectivity index (χ3n) is 6.13. The van der Waals surface area contributed by atoms with E-state index < -0.39 is 0 Å². The molecule has 5 nitrogen and oxygen atoms in total. The average Bonchev–Trinajstić information content (AvgIpc) is 3.19. The fourth-order valence-electron chi connectivity index (χ4n) is 4.52. The quantitative estimate of drug-likeness (QED) is 0.497. The number of halogens is 1. The Morgan fingerprint density at radius 1 is 1.12 bits per heavy atom. The van der Waals surface area contributed by atoms with Crippen LogP contribution in [0.3, 0.4) is 0 Å². The first-order valence-electron chi connectivity index (χ1n) is 11.0. The van der Waals surface area contributed by atoms with E-state index in [0.717, 1.165) is 47.6 Å². The fourth-order valence-corrected chi connectivity index (χ4v) is 4.52. The van der Waals surface area contributed by atoms with Gasteiger partial charge in [-0.05, 0) is 61.7 Å². The Kier molecular flexibility index (Phi) is 5.43. The minimum absolute atomic E-state index is 0.0337. The minimum atomic E-state index is -0.210. The third-order valence-corrected chi connectivity index (χ3v) is 6.13. The number of carbonyl (C=O) groups is 1. The second-order valence-corrected chi connectivity index (χ2v) is 8.47. The lowest BCUT2D eigenvalue weighted by Gasteiger charge is -2.32. The number of piperidine rings is 1. The molecule has 1 N–H and O–H groups in total. The number of aromatic amines is 1. The first-order valence-corrected chi connectivity index (χ1v) is 11.0. The summed E-state index contributed by atoms with van der Waals surface area (Å²) in [6.45, 7) is 3.28. The van der Waals surface area contributed by atoms with E-state index in [1.54, 1.807) is 12.1 Å². The molecule has 0 saturated carbocycles. The van der Waals surface area contributed by atoms with Crippen molar-refractivity contribution in [3.63, 3.8) is 0 Å². The number of rotatable bonds is 4. The maximum atomic E-state index is 14.1. The molecule has 0 radical (unpaired) electrons.